The van der Waals surface area contributed by atoms with Gasteiger partial charge < -0.3 is 9.15 Å². The van der Waals surface area contributed by atoms with Crippen LogP contribution in [0.2, 0.25) is 0 Å². The van der Waals surface area contributed by atoms with Crippen LogP contribution in [0, 0.1) is 10.1 Å². The molecule has 0 spiro atoms. The Morgan fingerprint density at radius 1 is 1.27 bits per heavy atom. The highest BCUT2D eigenvalue weighted by Crippen LogP contribution is 2.33. The summed E-state index contributed by atoms with van der Waals surface area (Å²) in [5, 5.41) is 10.9. The van der Waals surface area contributed by atoms with Crippen LogP contribution >= 0.6 is 0 Å². The number of carbonyl (C=O) groups is 1. The van der Waals surface area contributed by atoms with Gasteiger partial charge in [-0.25, -0.2) is 0 Å². The Kier molecular flexibility index (Phi) is 4.15. The SMILES string of the molecule is O=Cc1ccc(-c2ccc(OCC(F)(F)F)c([N+](=O)[O-])c2)o1. The molecule has 0 aliphatic heterocycles. The van der Waals surface area contributed by atoms with Gasteiger partial charge in [-0.1, -0.05) is 0 Å². The summed E-state index contributed by atoms with van der Waals surface area (Å²) in [7, 11) is 0. The number of nitro groups is 1. The largest absolute Gasteiger partial charge is 0.477 e. The molecule has 0 N–H and O–H groups in total. The van der Waals surface area contributed by atoms with Crippen molar-refractivity contribution in [1.82, 2.24) is 0 Å². The number of benzene rings is 1. The van der Waals surface area contributed by atoms with Gasteiger partial charge in [-0.15, -0.1) is 0 Å². The summed E-state index contributed by atoms with van der Waals surface area (Å²) >= 11 is 0. The number of halogens is 3. The third kappa shape index (κ3) is 3.62. The molecule has 0 aliphatic carbocycles. The fraction of sp³-hybridized carbons (Fsp3) is 0.154. The Balaban J connectivity index is 2.34. The van der Waals surface area contributed by atoms with E-state index < -0.39 is 29.1 Å². The zero-order chi connectivity index (χ0) is 16.3. The lowest BCUT2D eigenvalue weighted by Crippen LogP contribution is -2.19. The predicted molar refractivity (Wildman–Crippen MR) is 67.7 cm³/mol. The molecule has 0 atom stereocenters. The monoisotopic (exact) mass is 315 g/mol. The highest BCUT2D eigenvalue weighted by Gasteiger charge is 2.30. The summed E-state index contributed by atoms with van der Waals surface area (Å²) in [6.07, 6.45) is -4.15. The van der Waals surface area contributed by atoms with E-state index in [4.69, 9.17) is 4.42 Å². The normalized spacial score (nSPS) is 11.2. The molecule has 1 heterocycles. The summed E-state index contributed by atoms with van der Waals surface area (Å²) in [4.78, 5) is 20.6. The molecule has 2 rings (SSSR count). The first-order valence-corrected chi connectivity index (χ1v) is 5.83. The molecule has 1 aromatic carbocycles. The van der Waals surface area contributed by atoms with E-state index in [9.17, 15) is 28.1 Å². The molecule has 0 aliphatic rings. The summed E-state index contributed by atoms with van der Waals surface area (Å²) in [6, 6.07) is 6.13. The van der Waals surface area contributed by atoms with E-state index in [2.05, 4.69) is 4.74 Å². The molecule has 0 saturated heterocycles. The van der Waals surface area contributed by atoms with Crippen molar-refractivity contribution in [2.45, 2.75) is 6.18 Å². The van der Waals surface area contributed by atoms with Gasteiger partial charge >= 0.3 is 11.9 Å². The number of alkyl halides is 3. The molecule has 0 radical (unpaired) electrons. The molecule has 0 unspecified atom stereocenters. The second kappa shape index (κ2) is 5.88. The molecule has 6 nitrogen and oxygen atoms in total. The van der Waals surface area contributed by atoms with Crippen LogP contribution in [0.15, 0.2) is 34.7 Å². The van der Waals surface area contributed by atoms with Crippen molar-refractivity contribution in [2.75, 3.05) is 6.61 Å². The zero-order valence-electron chi connectivity index (χ0n) is 10.8. The van der Waals surface area contributed by atoms with Crippen molar-refractivity contribution >= 4 is 12.0 Å². The summed E-state index contributed by atoms with van der Waals surface area (Å²) in [5.74, 6) is -0.309. The fourth-order valence-electron chi connectivity index (χ4n) is 1.67. The van der Waals surface area contributed by atoms with E-state index in [1.807, 2.05) is 0 Å². The number of ether oxygens (including phenoxy) is 1. The summed E-state index contributed by atoms with van der Waals surface area (Å²) < 4.78 is 45.9. The molecule has 116 valence electrons. The molecule has 0 fully saturated rings. The van der Waals surface area contributed by atoms with Crippen molar-refractivity contribution in [2.24, 2.45) is 0 Å². The van der Waals surface area contributed by atoms with Crippen molar-refractivity contribution in [1.29, 1.82) is 0 Å². The van der Waals surface area contributed by atoms with Gasteiger partial charge in [-0.2, -0.15) is 13.2 Å². The van der Waals surface area contributed by atoms with Gasteiger partial charge in [0.15, 0.2) is 24.4 Å². The van der Waals surface area contributed by atoms with Crippen LogP contribution in [-0.4, -0.2) is 24.0 Å². The van der Waals surface area contributed by atoms with E-state index in [-0.39, 0.29) is 17.1 Å². The average molecular weight is 315 g/mol. The first kappa shape index (κ1) is 15.5. The highest BCUT2D eigenvalue weighted by atomic mass is 19.4. The highest BCUT2D eigenvalue weighted by molar-refractivity contribution is 5.73. The van der Waals surface area contributed by atoms with E-state index in [1.54, 1.807) is 0 Å². The average Bonchev–Trinajstić information content (AvgIpc) is 2.93. The Morgan fingerprint density at radius 3 is 2.55 bits per heavy atom. The van der Waals surface area contributed by atoms with Crippen molar-refractivity contribution in [3.05, 3.63) is 46.2 Å². The van der Waals surface area contributed by atoms with Gasteiger partial charge in [-0.05, 0) is 24.3 Å². The van der Waals surface area contributed by atoms with Crippen LogP contribution in [0.5, 0.6) is 5.75 Å². The molecule has 22 heavy (non-hydrogen) atoms. The van der Waals surface area contributed by atoms with Crippen LogP contribution in [-0.2, 0) is 0 Å². The van der Waals surface area contributed by atoms with E-state index in [0.717, 1.165) is 12.1 Å². The Morgan fingerprint density at radius 2 is 2.00 bits per heavy atom. The van der Waals surface area contributed by atoms with Gasteiger partial charge in [-0.3, -0.25) is 14.9 Å². The van der Waals surface area contributed by atoms with Crippen LogP contribution in [0.25, 0.3) is 11.3 Å². The van der Waals surface area contributed by atoms with Crippen LogP contribution in [0.4, 0.5) is 18.9 Å². The lowest BCUT2D eigenvalue weighted by molar-refractivity contribution is -0.386. The van der Waals surface area contributed by atoms with Crippen LogP contribution < -0.4 is 4.74 Å². The van der Waals surface area contributed by atoms with E-state index in [1.165, 1.54) is 18.2 Å². The van der Waals surface area contributed by atoms with Gasteiger partial charge in [0.1, 0.15) is 5.76 Å². The lowest BCUT2D eigenvalue weighted by atomic mass is 10.1. The maximum Gasteiger partial charge on any atom is 0.422 e. The molecule has 0 amide bonds. The number of nitrogens with zero attached hydrogens (tertiary/aromatic N) is 1. The number of hydrogen-bond acceptors (Lipinski definition) is 5. The number of hydrogen-bond donors (Lipinski definition) is 0. The number of carbonyl (C=O) groups excluding carboxylic acids is 1. The second-order valence-electron chi connectivity index (χ2n) is 4.16. The summed E-state index contributed by atoms with van der Waals surface area (Å²) in [6.45, 7) is -1.64. The van der Waals surface area contributed by atoms with Crippen molar-refractivity contribution in [3.63, 3.8) is 0 Å². The van der Waals surface area contributed by atoms with Gasteiger partial charge in [0.2, 0.25) is 0 Å². The molecule has 0 bridgehead atoms. The summed E-state index contributed by atoms with van der Waals surface area (Å²) in [5.41, 5.74) is -0.398. The minimum absolute atomic E-state index is 0.0232. The molecule has 2 aromatic rings. The molecule has 0 saturated carbocycles. The fourth-order valence-corrected chi connectivity index (χ4v) is 1.67. The predicted octanol–water partition coefficient (Wildman–Crippen LogP) is 3.61. The van der Waals surface area contributed by atoms with E-state index in [0.29, 0.717) is 6.29 Å². The maximum absolute atomic E-state index is 12.1. The molecular formula is C13H8F3NO5. The van der Waals surface area contributed by atoms with Crippen molar-refractivity contribution < 1.29 is 32.0 Å². The quantitative estimate of drug-likeness (QED) is 0.478. The van der Waals surface area contributed by atoms with Crippen LogP contribution in [0.3, 0.4) is 0 Å². The number of aldehydes is 1. The van der Waals surface area contributed by atoms with E-state index >= 15 is 0 Å². The third-order valence-electron chi connectivity index (χ3n) is 2.57. The zero-order valence-corrected chi connectivity index (χ0v) is 10.8. The Hall–Kier alpha value is -2.84. The van der Waals surface area contributed by atoms with Gasteiger partial charge in [0.05, 0.1) is 4.92 Å². The second-order valence-corrected chi connectivity index (χ2v) is 4.16. The van der Waals surface area contributed by atoms with Gasteiger partial charge in [0.25, 0.3) is 0 Å². The number of nitro benzene ring substituents is 1. The number of furan rings is 1. The molecular weight excluding hydrogens is 307 g/mol. The smallest absolute Gasteiger partial charge is 0.422 e. The Labute approximate surface area is 121 Å². The number of rotatable bonds is 5. The standard InChI is InChI=1S/C13H8F3NO5/c14-13(15,16)7-21-12-3-1-8(5-10(12)17(19)20)11-4-2-9(6-18)22-11/h1-6H,7H2. The maximum atomic E-state index is 12.1. The first-order valence-electron chi connectivity index (χ1n) is 5.83. The molecule has 9 heteroatoms. The minimum atomic E-state index is -4.60. The topological polar surface area (TPSA) is 82.6 Å². The van der Waals surface area contributed by atoms with Crippen molar-refractivity contribution in [3.8, 4) is 17.1 Å². The minimum Gasteiger partial charge on any atom is -0.477 e. The first-order chi connectivity index (χ1) is 10.3. The van der Waals surface area contributed by atoms with Crippen LogP contribution in [0.1, 0.15) is 10.6 Å². The Bertz CT molecular complexity index is 708. The molecule has 1 aromatic heterocycles. The van der Waals surface area contributed by atoms with Gasteiger partial charge in [0, 0.05) is 11.6 Å². The lowest BCUT2D eigenvalue weighted by Gasteiger charge is -2.09. The third-order valence-corrected chi connectivity index (χ3v) is 2.57.